The van der Waals surface area contributed by atoms with E-state index in [1.165, 1.54) is 71.1 Å². The Hall–Kier alpha value is -1.16. The Morgan fingerprint density at radius 2 is 1.91 bits per heavy atom. The van der Waals surface area contributed by atoms with E-state index in [9.17, 15) is 0 Å². The van der Waals surface area contributed by atoms with Gasteiger partial charge in [0.25, 0.3) is 0 Å². The summed E-state index contributed by atoms with van der Waals surface area (Å²) >= 11 is 0. The fourth-order valence-corrected chi connectivity index (χ4v) is 5.04. The van der Waals surface area contributed by atoms with Crippen molar-refractivity contribution in [3.63, 3.8) is 0 Å². The zero-order valence-electron chi connectivity index (χ0n) is 14.5. The van der Waals surface area contributed by atoms with Crippen LogP contribution in [0.5, 0.6) is 0 Å². The molecule has 3 fully saturated rings. The van der Waals surface area contributed by atoms with Gasteiger partial charge in [-0.1, -0.05) is 12.8 Å². The van der Waals surface area contributed by atoms with Gasteiger partial charge in [-0.15, -0.1) is 5.10 Å². The molecule has 1 aromatic heterocycles. The molecular weight excluding hydrogens is 284 g/mol. The first-order valence-electron chi connectivity index (χ1n) is 9.50. The Morgan fingerprint density at radius 1 is 1.04 bits per heavy atom. The van der Waals surface area contributed by atoms with Gasteiger partial charge in [-0.2, -0.15) is 5.10 Å². The number of aromatic nitrogens is 2. The molecule has 1 atom stereocenters. The van der Waals surface area contributed by atoms with Crippen LogP contribution in [-0.2, 0) is 0 Å². The SMILES string of the molecule is Cc1ccc(N2CCC[C@@]3(CCN(CC4CCCC4)C3)C2)nn1. The molecule has 1 saturated carbocycles. The van der Waals surface area contributed by atoms with Gasteiger partial charge in [-0.05, 0) is 63.6 Å². The topological polar surface area (TPSA) is 32.3 Å². The molecule has 2 saturated heterocycles. The lowest BCUT2D eigenvalue weighted by molar-refractivity contribution is 0.204. The van der Waals surface area contributed by atoms with Crippen molar-refractivity contribution in [1.29, 1.82) is 0 Å². The molecule has 1 aromatic rings. The van der Waals surface area contributed by atoms with Crippen LogP contribution in [0.3, 0.4) is 0 Å². The summed E-state index contributed by atoms with van der Waals surface area (Å²) in [4.78, 5) is 5.25. The molecule has 1 aliphatic carbocycles. The van der Waals surface area contributed by atoms with E-state index in [0.29, 0.717) is 5.41 Å². The van der Waals surface area contributed by atoms with Gasteiger partial charge in [0.2, 0.25) is 0 Å². The van der Waals surface area contributed by atoms with E-state index in [0.717, 1.165) is 24.0 Å². The lowest BCUT2D eigenvalue weighted by atomic mass is 9.79. The predicted molar refractivity (Wildman–Crippen MR) is 93.7 cm³/mol. The van der Waals surface area contributed by atoms with E-state index in [-0.39, 0.29) is 0 Å². The maximum atomic E-state index is 4.42. The van der Waals surface area contributed by atoms with Gasteiger partial charge in [0.05, 0.1) is 5.69 Å². The molecule has 2 aliphatic heterocycles. The Morgan fingerprint density at radius 3 is 2.70 bits per heavy atom. The van der Waals surface area contributed by atoms with E-state index in [2.05, 4.69) is 32.1 Å². The summed E-state index contributed by atoms with van der Waals surface area (Å²) in [5, 5.41) is 8.67. The number of likely N-dealkylation sites (tertiary alicyclic amines) is 1. The van der Waals surface area contributed by atoms with Crippen LogP contribution in [0.2, 0.25) is 0 Å². The van der Waals surface area contributed by atoms with Crippen molar-refractivity contribution >= 4 is 5.82 Å². The fraction of sp³-hybridized carbons (Fsp3) is 0.789. The van der Waals surface area contributed by atoms with Crippen molar-refractivity contribution in [3.8, 4) is 0 Å². The summed E-state index contributed by atoms with van der Waals surface area (Å²) in [6, 6.07) is 4.23. The summed E-state index contributed by atoms with van der Waals surface area (Å²) in [7, 11) is 0. The minimum Gasteiger partial charge on any atom is -0.355 e. The van der Waals surface area contributed by atoms with Crippen LogP contribution >= 0.6 is 0 Å². The summed E-state index contributed by atoms with van der Waals surface area (Å²) in [5.41, 5.74) is 1.51. The predicted octanol–water partition coefficient (Wildman–Crippen LogP) is 3.27. The first-order chi connectivity index (χ1) is 11.2. The maximum absolute atomic E-state index is 4.42. The Kier molecular flexibility index (Phi) is 4.27. The molecule has 126 valence electrons. The molecule has 0 radical (unpaired) electrons. The third kappa shape index (κ3) is 3.37. The number of hydrogen-bond donors (Lipinski definition) is 0. The molecule has 4 heteroatoms. The highest BCUT2D eigenvalue weighted by Gasteiger charge is 2.42. The highest BCUT2D eigenvalue weighted by atomic mass is 15.3. The van der Waals surface area contributed by atoms with Crippen LogP contribution in [0.4, 0.5) is 5.82 Å². The van der Waals surface area contributed by atoms with Crippen LogP contribution < -0.4 is 4.90 Å². The van der Waals surface area contributed by atoms with E-state index in [4.69, 9.17) is 0 Å². The smallest absolute Gasteiger partial charge is 0.151 e. The summed E-state index contributed by atoms with van der Waals surface area (Å²) in [5.74, 6) is 2.05. The van der Waals surface area contributed by atoms with E-state index >= 15 is 0 Å². The molecule has 0 amide bonds. The van der Waals surface area contributed by atoms with Gasteiger partial charge < -0.3 is 9.80 Å². The fourth-order valence-electron chi connectivity index (χ4n) is 5.04. The molecule has 3 aliphatic rings. The zero-order valence-corrected chi connectivity index (χ0v) is 14.5. The van der Waals surface area contributed by atoms with Crippen LogP contribution in [0.15, 0.2) is 12.1 Å². The largest absolute Gasteiger partial charge is 0.355 e. The van der Waals surface area contributed by atoms with Crippen molar-refractivity contribution < 1.29 is 0 Å². The average molecular weight is 314 g/mol. The minimum absolute atomic E-state index is 0.503. The quantitative estimate of drug-likeness (QED) is 0.857. The number of rotatable bonds is 3. The van der Waals surface area contributed by atoms with Gasteiger partial charge in [0.1, 0.15) is 0 Å². The third-order valence-corrected chi connectivity index (χ3v) is 6.28. The normalized spacial score (nSPS) is 29.7. The van der Waals surface area contributed by atoms with Gasteiger partial charge in [0, 0.05) is 31.6 Å². The van der Waals surface area contributed by atoms with Gasteiger partial charge >= 0.3 is 0 Å². The molecule has 0 N–H and O–H groups in total. The first-order valence-corrected chi connectivity index (χ1v) is 9.50. The van der Waals surface area contributed by atoms with Crippen LogP contribution in [0.25, 0.3) is 0 Å². The minimum atomic E-state index is 0.503. The molecular formula is C19H30N4. The summed E-state index contributed by atoms with van der Waals surface area (Å²) in [6.07, 6.45) is 9.92. The summed E-state index contributed by atoms with van der Waals surface area (Å²) in [6.45, 7) is 8.29. The molecule has 0 unspecified atom stereocenters. The Bertz CT molecular complexity index is 523. The zero-order chi connectivity index (χ0) is 15.7. The van der Waals surface area contributed by atoms with E-state index in [1.807, 2.05) is 6.92 Å². The van der Waals surface area contributed by atoms with Crippen LogP contribution in [-0.4, -0.2) is 47.8 Å². The van der Waals surface area contributed by atoms with Gasteiger partial charge in [-0.3, -0.25) is 0 Å². The van der Waals surface area contributed by atoms with Crippen LogP contribution in [0, 0.1) is 18.3 Å². The highest BCUT2D eigenvalue weighted by molar-refractivity contribution is 5.38. The lowest BCUT2D eigenvalue weighted by Gasteiger charge is -2.41. The Labute approximate surface area is 140 Å². The summed E-state index contributed by atoms with van der Waals surface area (Å²) < 4.78 is 0. The van der Waals surface area contributed by atoms with Crippen molar-refractivity contribution in [1.82, 2.24) is 15.1 Å². The molecule has 1 spiro atoms. The second-order valence-corrected chi connectivity index (χ2v) is 8.19. The molecule has 23 heavy (non-hydrogen) atoms. The number of hydrogen-bond acceptors (Lipinski definition) is 4. The monoisotopic (exact) mass is 314 g/mol. The second kappa shape index (κ2) is 6.39. The lowest BCUT2D eigenvalue weighted by Crippen LogP contribution is -2.45. The number of nitrogens with zero attached hydrogens (tertiary/aromatic N) is 4. The van der Waals surface area contributed by atoms with E-state index in [1.54, 1.807) is 0 Å². The Balaban J connectivity index is 1.39. The van der Waals surface area contributed by atoms with Gasteiger partial charge in [0.15, 0.2) is 5.82 Å². The molecule has 4 rings (SSSR count). The van der Waals surface area contributed by atoms with Crippen LogP contribution in [0.1, 0.15) is 50.6 Å². The second-order valence-electron chi connectivity index (χ2n) is 8.19. The maximum Gasteiger partial charge on any atom is 0.151 e. The van der Waals surface area contributed by atoms with Crippen molar-refractivity contribution in [2.24, 2.45) is 11.3 Å². The van der Waals surface area contributed by atoms with Crippen molar-refractivity contribution in [2.75, 3.05) is 37.6 Å². The standard InChI is InChI=1S/C19H30N4/c1-16-7-8-18(21-20-16)23-11-4-9-19(15-23)10-12-22(14-19)13-17-5-2-3-6-17/h7-8,17H,2-6,9-15H2,1H3/t19-/m0/s1. The average Bonchev–Trinajstić information content (AvgIpc) is 3.19. The molecule has 4 nitrogen and oxygen atoms in total. The third-order valence-electron chi connectivity index (χ3n) is 6.28. The highest BCUT2D eigenvalue weighted by Crippen LogP contribution is 2.40. The molecule has 0 bridgehead atoms. The number of piperidine rings is 1. The number of anilines is 1. The van der Waals surface area contributed by atoms with Crippen molar-refractivity contribution in [2.45, 2.75) is 51.9 Å². The van der Waals surface area contributed by atoms with Crippen molar-refractivity contribution in [3.05, 3.63) is 17.8 Å². The first kappa shape index (κ1) is 15.4. The van der Waals surface area contributed by atoms with E-state index < -0.39 is 0 Å². The number of aryl methyl sites for hydroxylation is 1. The van der Waals surface area contributed by atoms with Gasteiger partial charge in [-0.25, -0.2) is 0 Å². The molecule has 3 heterocycles. The molecule has 0 aromatic carbocycles.